The number of anilines is 1. The van der Waals surface area contributed by atoms with E-state index in [1.165, 1.54) is 10.4 Å². The van der Waals surface area contributed by atoms with Gasteiger partial charge >= 0.3 is 5.66 Å². The fourth-order valence-corrected chi connectivity index (χ4v) is 9.81. The van der Waals surface area contributed by atoms with Gasteiger partial charge in [0.25, 0.3) is 16.4 Å². The largest absolute Gasteiger partial charge is 0.366 e. The van der Waals surface area contributed by atoms with Crippen LogP contribution in [-0.2, 0) is 26.6 Å². The molecule has 1 saturated carbocycles. The molecule has 2 bridgehead atoms. The lowest BCUT2D eigenvalue weighted by Crippen LogP contribution is -2.57. The van der Waals surface area contributed by atoms with E-state index in [0.717, 1.165) is 18.9 Å². The monoisotopic (exact) mass is 720 g/mol. The smallest absolute Gasteiger partial charge is 0.303 e. The Morgan fingerprint density at radius 1 is 1.19 bits per heavy atom. The van der Waals surface area contributed by atoms with Crippen molar-refractivity contribution >= 4 is 51.9 Å². The van der Waals surface area contributed by atoms with Gasteiger partial charge in [0, 0.05) is 58.2 Å². The Bertz CT molecular complexity index is 1850. The van der Waals surface area contributed by atoms with Crippen molar-refractivity contribution in [1.82, 2.24) is 29.2 Å². The molecular weight excluding hydrogens is 679 g/mol. The number of amides is 1. The number of aromatic nitrogens is 4. The summed E-state index contributed by atoms with van der Waals surface area (Å²) in [6.45, 7) is 19.5. The summed E-state index contributed by atoms with van der Waals surface area (Å²) in [6, 6.07) is 3.90. The van der Waals surface area contributed by atoms with Gasteiger partial charge in [-0.2, -0.15) is 5.10 Å². The number of carbonyl (C=O) groups excluding carboxylic acids is 1. The molecule has 1 aromatic carbocycles. The van der Waals surface area contributed by atoms with Crippen LogP contribution in [0.4, 0.5) is 14.5 Å². The first-order valence-electron chi connectivity index (χ1n) is 16.3. The number of piperazine rings is 1. The number of rotatable bonds is 12. The summed E-state index contributed by atoms with van der Waals surface area (Å²) in [4.78, 5) is 21.0. The molecule has 260 valence electrons. The lowest BCUT2D eigenvalue weighted by molar-refractivity contribution is -0.137. The third kappa shape index (κ3) is 6.37. The van der Waals surface area contributed by atoms with Gasteiger partial charge in [0.15, 0.2) is 10.0 Å². The number of fused-ring (bicyclic) bond motifs is 3. The van der Waals surface area contributed by atoms with Crippen LogP contribution in [-0.4, -0.2) is 95.8 Å². The first-order chi connectivity index (χ1) is 22.6. The molecule has 3 fully saturated rings. The van der Waals surface area contributed by atoms with Crippen molar-refractivity contribution in [2.45, 2.75) is 94.3 Å². The Balaban J connectivity index is 1.46. The van der Waals surface area contributed by atoms with Crippen molar-refractivity contribution in [1.29, 1.82) is 0 Å². The molecule has 6 rings (SSSR count). The zero-order valence-corrected chi connectivity index (χ0v) is 30.7. The Kier molecular flexibility index (Phi) is 9.20. The molecule has 0 N–H and O–H groups in total. The highest BCUT2D eigenvalue weighted by Crippen LogP contribution is 2.47. The lowest BCUT2D eigenvalue weighted by Gasteiger charge is -2.43. The van der Waals surface area contributed by atoms with E-state index in [0.29, 0.717) is 60.5 Å². The van der Waals surface area contributed by atoms with E-state index < -0.39 is 35.2 Å². The fourth-order valence-electron chi connectivity index (χ4n) is 6.69. The summed E-state index contributed by atoms with van der Waals surface area (Å²) in [6.07, 6.45) is -0.326. The number of carbonyl (C=O) groups is 1. The van der Waals surface area contributed by atoms with E-state index in [1.807, 2.05) is 18.7 Å². The molecule has 4 heterocycles. The van der Waals surface area contributed by atoms with Gasteiger partial charge in [0.2, 0.25) is 5.91 Å². The van der Waals surface area contributed by atoms with Gasteiger partial charge in [-0.3, -0.25) is 14.3 Å². The number of hydrogen-bond donors (Lipinski definition) is 0. The fraction of sp³-hybridized carbons (Fsp3) is 0.645. The summed E-state index contributed by atoms with van der Waals surface area (Å²) in [5.74, 6) is -0.0307. The van der Waals surface area contributed by atoms with Gasteiger partial charge in [0.05, 0.1) is 28.9 Å². The molecule has 0 radical (unpaired) electrons. The van der Waals surface area contributed by atoms with E-state index in [1.54, 1.807) is 17.8 Å². The quantitative estimate of drug-likeness (QED) is 0.103. The molecule has 1 aliphatic carbocycles. The van der Waals surface area contributed by atoms with Gasteiger partial charge in [-0.15, -0.1) is 10.2 Å². The Labute approximate surface area is 284 Å². The number of ether oxygens (including phenoxy) is 1. The Morgan fingerprint density at radius 3 is 2.40 bits per heavy atom. The van der Waals surface area contributed by atoms with Crippen molar-refractivity contribution < 1.29 is 26.7 Å². The molecule has 0 spiro atoms. The third-order valence-electron chi connectivity index (χ3n) is 9.46. The molecule has 17 heteroatoms. The zero-order chi connectivity index (χ0) is 34.8. The maximum Gasteiger partial charge on any atom is 0.303 e. The second kappa shape index (κ2) is 12.7. The standard InChI is InChI=1S/C31H42F2N8O4S2Si/c1-19(2)30(42)41-20-8-9-21(41)17-39(16-20)24-15-22(14-23-25(37-38(4)26(23)24)28-35-36-29(46-28)27(32)33)47(43,44)40(31(34-3)10-11-31)18-45-12-13-48(5,6)7/h14-15,19-21,27H,8-13,16-18H2,1-2,4-7H3. The van der Waals surface area contributed by atoms with E-state index in [-0.39, 0.29) is 46.2 Å². The number of halogens is 2. The summed E-state index contributed by atoms with van der Waals surface area (Å²) >= 11 is 0.711. The SMILES string of the molecule is [C-]#[N+]C1(N(COCC[Si](C)(C)C)S(=O)(=O)c2cc(N3CC4CCC(C3)N4C(=O)C(C)C)c3c(c2)c(-c2nnc(C(F)F)s2)nn3C)CC1. The molecule has 2 aromatic heterocycles. The average molecular weight is 721 g/mol. The van der Waals surface area contributed by atoms with E-state index in [9.17, 15) is 22.0 Å². The predicted molar refractivity (Wildman–Crippen MR) is 182 cm³/mol. The van der Waals surface area contributed by atoms with Gasteiger partial charge in [0.1, 0.15) is 12.4 Å². The van der Waals surface area contributed by atoms with Crippen LogP contribution < -0.4 is 4.90 Å². The first-order valence-corrected chi connectivity index (χ1v) is 22.2. The Morgan fingerprint density at radius 2 is 1.85 bits per heavy atom. The maximum absolute atomic E-state index is 14.6. The molecule has 2 aliphatic heterocycles. The molecule has 48 heavy (non-hydrogen) atoms. The van der Waals surface area contributed by atoms with Crippen LogP contribution in [0.2, 0.25) is 25.7 Å². The number of nitrogens with zero attached hydrogens (tertiary/aromatic N) is 8. The highest BCUT2D eigenvalue weighted by Gasteiger charge is 2.61. The van der Waals surface area contributed by atoms with Crippen LogP contribution in [0.5, 0.6) is 0 Å². The van der Waals surface area contributed by atoms with Crippen molar-refractivity contribution in [3.63, 3.8) is 0 Å². The highest BCUT2D eigenvalue weighted by atomic mass is 32.2. The molecule has 2 saturated heterocycles. The zero-order valence-electron chi connectivity index (χ0n) is 28.1. The Hall–Kier alpha value is -3.04. The van der Waals surface area contributed by atoms with E-state index in [2.05, 4.69) is 44.7 Å². The van der Waals surface area contributed by atoms with Crippen molar-refractivity contribution in [2.24, 2.45) is 13.0 Å². The van der Waals surface area contributed by atoms with Gasteiger partial charge < -0.3 is 14.5 Å². The number of benzene rings is 1. The lowest BCUT2D eigenvalue weighted by atomic mass is 10.1. The van der Waals surface area contributed by atoms with E-state index >= 15 is 0 Å². The third-order valence-corrected chi connectivity index (χ3v) is 14.0. The van der Waals surface area contributed by atoms with Crippen LogP contribution >= 0.6 is 11.3 Å². The maximum atomic E-state index is 14.6. The second-order valence-electron chi connectivity index (χ2n) is 14.5. The minimum atomic E-state index is -4.30. The second-order valence-corrected chi connectivity index (χ2v) is 23.0. The normalized spacial score (nSPS) is 20.8. The molecule has 3 aromatic rings. The molecule has 2 unspecified atom stereocenters. The number of sulfonamides is 1. The minimum Gasteiger partial charge on any atom is -0.366 e. The van der Waals surface area contributed by atoms with Crippen molar-refractivity contribution in [3.05, 3.63) is 28.6 Å². The topological polar surface area (TPSA) is 118 Å². The first kappa shape index (κ1) is 34.8. The number of alkyl halides is 2. The van der Waals surface area contributed by atoms with Crippen LogP contribution in [0, 0.1) is 12.5 Å². The van der Waals surface area contributed by atoms with Gasteiger partial charge in [-0.05, 0) is 31.0 Å². The summed E-state index contributed by atoms with van der Waals surface area (Å²) in [5.41, 5.74) is 0.242. The van der Waals surface area contributed by atoms with Crippen LogP contribution in [0.25, 0.3) is 26.4 Å². The van der Waals surface area contributed by atoms with Crippen molar-refractivity contribution in [3.8, 4) is 10.7 Å². The van der Waals surface area contributed by atoms with Gasteiger partial charge in [-0.25, -0.2) is 23.8 Å². The summed E-state index contributed by atoms with van der Waals surface area (Å²) < 4.78 is 65.1. The molecular formula is C31H42F2N8O4S2Si. The number of aryl methyl sites for hydroxylation is 1. The average Bonchev–Trinajstić information content (AvgIpc) is 3.37. The van der Waals surface area contributed by atoms with Crippen LogP contribution in [0.1, 0.15) is 51.0 Å². The predicted octanol–water partition coefficient (Wildman–Crippen LogP) is 5.58. The van der Waals surface area contributed by atoms with E-state index in [4.69, 9.17) is 11.3 Å². The summed E-state index contributed by atoms with van der Waals surface area (Å²) in [7, 11) is -4.02. The molecule has 12 nitrogen and oxygen atoms in total. The van der Waals surface area contributed by atoms with Crippen LogP contribution in [0.3, 0.4) is 0 Å². The highest BCUT2D eigenvalue weighted by molar-refractivity contribution is 7.89. The van der Waals surface area contributed by atoms with Crippen LogP contribution in [0.15, 0.2) is 17.0 Å². The molecule has 3 aliphatic rings. The minimum absolute atomic E-state index is 0.0356. The molecule has 1 amide bonds. The number of hydrogen-bond acceptors (Lipinski definition) is 9. The van der Waals surface area contributed by atoms with Gasteiger partial charge in [-0.1, -0.05) is 49.1 Å². The summed E-state index contributed by atoms with van der Waals surface area (Å²) in [5, 5.41) is 12.4. The van der Waals surface area contributed by atoms with Crippen molar-refractivity contribution in [2.75, 3.05) is 31.3 Å². The molecule has 2 atom stereocenters.